The standard InChI is InChI=1S/C20H21IN2O2/c1-13(24)14-8-9-17-16(12-14)19-15(20(25)22-2)6-5-7-18(19)23(17)11-4-3-10-21/h5-9,12H,3-4,10-11H2,1-2H3,(H,22,25). The van der Waals surface area contributed by atoms with Gasteiger partial charge in [-0.05, 0) is 54.5 Å². The van der Waals surface area contributed by atoms with Crippen LogP contribution in [0.1, 0.15) is 40.5 Å². The number of nitrogens with zero attached hydrogens (tertiary/aromatic N) is 1. The van der Waals surface area contributed by atoms with Gasteiger partial charge in [-0.3, -0.25) is 9.59 Å². The van der Waals surface area contributed by atoms with E-state index in [4.69, 9.17) is 0 Å². The molecule has 0 saturated carbocycles. The van der Waals surface area contributed by atoms with Gasteiger partial charge in [0.15, 0.2) is 5.78 Å². The van der Waals surface area contributed by atoms with E-state index >= 15 is 0 Å². The molecule has 2 aromatic carbocycles. The van der Waals surface area contributed by atoms with Crippen LogP contribution in [0.25, 0.3) is 21.8 Å². The predicted molar refractivity (Wildman–Crippen MR) is 111 cm³/mol. The molecule has 0 bridgehead atoms. The van der Waals surface area contributed by atoms with E-state index in [0.717, 1.165) is 45.6 Å². The summed E-state index contributed by atoms with van der Waals surface area (Å²) in [7, 11) is 1.64. The van der Waals surface area contributed by atoms with Gasteiger partial charge < -0.3 is 9.88 Å². The molecule has 1 aromatic heterocycles. The number of fused-ring (bicyclic) bond motifs is 3. The molecule has 3 aromatic rings. The zero-order valence-corrected chi connectivity index (χ0v) is 16.6. The van der Waals surface area contributed by atoms with Gasteiger partial charge in [0.2, 0.25) is 0 Å². The molecule has 0 aliphatic heterocycles. The number of aromatic nitrogens is 1. The first-order chi connectivity index (χ1) is 12.1. The van der Waals surface area contributed by atoms with E-state index in [0.29, 0.717) is 11.1 Å². The number of nitrogens with one attached hydrogen (secondary N) is 1. The fourth-order valence-corrected chi connectivity index (χ4v) is 3.84. The minimum Gasteiger partial charge on any atom is -0.355 e. The zero-order chi connectivity index (χ0) is 18.0. The van der Waals surface area contributed by atoms with Crippen molar-refractivity contribution < 1.29 is 9.59 Å². The van der Waals surface area contributed by atoms with Crippen LogP contribution < -0.4 is 5.32 Å². The number of hydrogen-bond donors (Lipinski definition) is 1. The normalized spacial score (nSPS) is 11.2. The van der Waals surface area contributed by atoms with Crippen molar-refractivity contribution in [1.29, 1.82) is 0 Å². The van der Waals surface area contributed by atoms with E-state index in [2.05, 4.69) is 38.5 Å². The van der Waals surface area contributed by atoms with E-state index in [1.165, 1.54) is 0 Å². The molecule has 1 heterocycles. The van der Waals surface area contributed by atoms with Crippen LogP contribution in [0.5, 0.6) is 0 Å². The largest absolute Gasteiger partial charge is 0.355 e. The number of halogens is 1. The summed E-state index contributed by atoms with van der Waals surface area (Å²) < 4.78 is 3.40. The molecule has 0 fully saturated rings. The van der Waals surface area contributed by atoms with Crippen LogP contribution >= 0.6 is 22.6 Å². The number of hydrogen-bond acceptors (Lipinski definition) is 2. The molecule has 1 N–H and O–H groups in total. The second kappa shape index (κ2) is 7.56. The molecule has 1 amide bonds. The Labute approximate surface area is 160 Å². The average Bonchev–Trinajstić information content (AvgIpc) is 2.94. The number of carbonyl (C=O) groups excluding carboxylic acids is 2. The third-order valence-corrected chi connectivity index (χ3v) is 5.30. The first-order valence-electron chi connectivity index (χ1n) is 8.42. The molecular weight excluding hydrogens is 427 g/mol. The first kappa shape index (κ1) is 17.9. The summed E-state index contributed by atoms with van der Waals surface area (Å²) in [4.78, 5) is 24.2. The van der Waals surface area contributed by atoms with E-state index in [1.807, 2.05) is 30.3 Å². The zero-order valence-electron chi connectivity index (χ0n) is 14.4. The number of rotatable bonds is 6. The highest BCUT2D eigenvalue weighted by molar-refractivity contribution is 14.1. The quantitative estimate of drug-likeness (QED) is 0.260. The maximum atomic E-state index is 12.4. The van der Waals surface area contributed by atoms with Crippen LogP contribution in [0.2, 0.25) is 0 Å². The number of benzene rings is 2. The summed E-state index contributed by atoms with van der Waals surface area (Å²) in [5.74, 6) is -0.0738. The van der Waals surface area contributed by atoms with Gasteiger partial charge in [0.1, 0.15) is 0 Å². The van der Waals surface area contributed by atoms with Gasteiger partial charge >= 0.3 is 0 Å². The highest BCUT2D eigenvalue weighted by atomic mass is 127. The SMILES string of the molecule is CNC(=O)c1cccc2c1c1cc(C(C)=O)ccc1n2CCCCI. The van der Waals surface area contributed by atoms with Crippen LogP contribution in [-0.4, -0.2) is 27.7 Å². The van der Waals surface area contributed by atoms with Crippen molar-refractivity contribution >= 4 is 56.1 Å². The van der Waals surface area contributed by atoms with Crippen molar-refractivity contribution in [2.45, 2.75) is 26.3 Å². The van der Waals surface area contributed by atoms with Crippen molar-refractivity contribution in [3.05, 3.63) is 47.5 Å². The lowest BCUT2D eigenvalue weighted by molar-refractivity contribution is 0.0963. The summed E-state index contributed by atoms with van der Waals surface area (Å²) >= 11 is 2.40. The van der Waals surface area contributed by atoms with Crippen LogP contribution in [0.3, 0.4) is 0 Å². The molecule has 25 heavy (non-hydrogen) atoms. The Morgan fingerprint density at radius 2 is 1.92 bits per heavy atom. The number of unbranched alkanes of at least 4 members (excludes halogenated alkanes) is 1. The Morgan fingerprint density at radius 3 is 2.60 bits per heavy atom. The molecule has 0 aliphatic rings. The topological polar surface area (TPSA) is 51.1 Å². The van der Waals surface area contributed by atoms with Gasteiger partial charge in [-0.1, -0.05) is 28.7 Å². The Hall–Kier alpha value is -1.89. The number of ketones is 1. The Morgan fingerprint density at radius 1 is 1.12 bits per heavy atom. The second-order valence-corrected chi connectivity index (χ2v) is 7.19. The van der Waals surface area contributed by atoms with E-state index < -0.39 is 0 Å². The minimum atomic E-state index is -0.106. The lowest BCUT2D eigenvalue weighted by Crippen LogP contribution is -2.17. The van der Waals surface area contributed by atoms with E-state index in [9.17, 15) is 9.59 Å². The number of Topliss-reactive ketones (excluding diaryl/α,β-unsaturated/α-hetero) is 1. The summed E-state index contributed by atoms with van der Waals surface area (Å²) in [6.07, 6.45) is 2.24. The highest BCUT2D eigenvalue weighted by Crippen LogP contribution is 2.33. The lowest BCUT2D eigenvalue weighted by Gasteiger charge is -2.07. The highest BCUT2D eigenvalue weighted by Gasteiger charge is 2.17. The van der Waals surface area contributed by atoms with Crippen molar-refractivity contribution in [3.8, 4) is 0 Å². The van der Waals surface area contributed by atoms with Gasteiger partial charge in [-0.25, -0.2) is 0 Å². The fourth-order valence-electron chi connectivity index (χ4n) is 3.30. The molecule has 0 radical (unpaired) electrons. The number of carbonyl (C=O) groups is 2. The smallest absolute Gasteiger partial charge is 0.251 e. The molecule has 5 heteroatoms. The maximum absolute atomic E-state index is 12.4. The van der Waals surface area contributed by atoms with Gasteiger partial charge in [-0.15, -0.1) is 0 Å². The summed E-state index contributed by atoms with van der Waals surface area (Å²) in [6.45, 7) is 2.47. The monoisotopic (exact) mass is 448 g/mol. The van der Waals surface area contributed by atoms with Gasteiger partial charge in [0, 0.05) is 46.5 Å². The van der Waals surface area contributed by atoms with Crippen LogP contribution in [-0.2, 0) is 6.54 Å². The number of aryl methyl sites for hydroxylation is 1. The van der Waals surface area contributed by atoms with Crippen molar-refractivity contribution in [2.24, 2.45) is 0 Å². The molecule has 0 spiro atoms. The summed E-state index contributed by atoms with van der Waals surface area (Å²) in [6, 6.07) is 11.6. The first-order valence-corrected chi connectivity index (χ1v) is 9.95. The van der Waals surface area contributed by atoms with Crippen LogP contribution in [0.15, 0.2) is 36.4 Å². The lowest BCUT2D eigenvalue weighted by atomic mass is 10.0. The Bertz CT molecular complexity index is 959. The minimum absolute atomic E-state index is 0.0325. The maximum Gasteiger partial charge on any atom is 0.251 e. The number of amides is 1. The molecule has 3 rings (SSSR count). The van der Waals surface area contributed by atoms with E-state index in [-0.39, 0.29) is 11.7 Å². The molecule has 0 atom stereocenters. The second-order valence-electron chi connectivity index (χ2n) is 6.11. The third-order valence-electron chi connectivity index (χ3n) is 4.53. The van der Waals surface area contributed by atoms with Crippen molar-refractivity contribution in [1.82, 2.24) is 9.88 Å². The summed E-state index contributed by atoms with van der Waals surface area (Å²) in [5, 5.41) is 4.62. The van der Waals surface area contributed by atoms with Gasteiger partial charge in [0.05, 0.1) is 0 Å². The van der Waals surface area contributed by atoms with Gasteiger partial charge in [0.25, 0.3) is 5.91 Å². The molecule has 0 saturated heterocycles. The molecule has 0 aliphatic carbocycles. The Kier molecular flexibility index (Phi) is 5.42. The summed E-state index contributed by atoms with van der Waals surface area (Å²) in [5.41, 5.74) is 3.44. The number of alkyl halides is 1. The Balaban J connectivity index is 2.33. The molecule has 130 valence electrons. The van der Waals surface area contributed by atoms with Crippen LogP contribution in [0.4, 0.5) is 0 Å². The van der Waals surface area contributed by atoms with Crippen molar-refractivity contribution in [2.75, 3.05) is 11.5 Å². The average molecular weight is 448 g/mol. The predicted octanol–water partition coefficient (Wildman–Crippen LogP) is 4.57. The third kappa shape index (κ3) is 3.29. The van der Waals surface area contributed by atoms with Crippen LogP contribution in [0, 0.1) is 0 Å². The molecule has 4 nitrogen and oxygen atoms in total. The molecular formula is C20H21IN2O2. The van der Waals surface area contributed by atoms with Gasteiger partial charge in [-0.2, -0.15) is 0 Å². The molecule has 0 unspecified atom stereocenters. The fraction of sp³-hybridized carbons (Fsp3) is 0.300. The van der Waals surface area contributed by atoms with Crippen molar-refractivity contribution in [3.63, 3.8) is 0 Å². The van der Waals surface area contributed by atoms with E-state index in [1.54, 1.807) is 14.0 Å².